The number of aromatic nitrogens is 2. The van der Waals surface area contributed by atoms with Gasteiger partial charge in [0.1, 0.15) is 5.82 Å². The first-order valence-electron chi connectivity index (χ1n) is 7.82. The topological polar surface area (TPSA) is 41.1 Å². The maximum atomic E-state index is 6.08. The Bertz CT molecular complexity index is 712. The summed E-state index contributed by atoms with van der Waals surface area (Å²) >= 11 is 6.08. The van der Waals surface area contributed by atoms with Gasteiger partial charge in [-0.05, 0) is 49.4 Å². The van der Waals surface area contributed by atoms with Crippen molar-refractivity contribution in [2.45, 2.75) is 38.8 Å². The number of fused-ring (bicyclic) bond motifs is 1. The van der Waals surface area contributed by atoms with Gasteiger partial charge in [0.15, 0.2) is 0 Å². The number of hydrogen-bond donors (Lipinski definition) is 1. The molecule has 1 aliphatic carbocycles. The van der Waals surface area contributed by atoms with Crippen LogP contribution < -0.4 is 10.2 Å². The van der Waals surface area contributed by atoms with Crippen LogP contribution in [0, 0.1) is 6.92 Å². The molecular weight excluding hydrogens is 296 g/mol. The number of rotatable bonds is 3. The smallest absolute Gasteiger partial charge is 0.225 e. The van der Waals surface area contributed by atoms with Crippen LogP contribution in [0.5, 0.6) is 0 Å². The molecule has 0 saturated heterocycles. The van der Waals surface area contributed by atoms with E-state index in [1.807, 2.05) is 13.0 Å². The van der Waals surface area contributed by atoms with Gasteiger partial charge in [0.25, 0.3) is 0 Å². The molecule has 2 heterocycles. The van der Waals surface area contributed by atoms with E-state index in [9.17, 15) is 0 Å². The molecule has 2 aromatic rings. The van der Waals surface area contributed by atoms with E-state index >= 15 is 0 Å². The molecule has 114 valence electrons. The predicted octanol–water partition coefficient (Wildman–Crippen LogP) is 3.58. The zero-order chi connectivity index (χ0) is 15.1. The third-order valence-corrected chi connectivity index (χ3v) is 4.49. The van der Waals surface area contributed by atoms with E-state index in [1.54, 1.807) is 0 Å². The molecule has 1 aromatic heterocycles. The summed E-state index contributed by atoms with van der Waals surface area (Å²) in [7, 11) is 0. The highest BCUT2D eigenvalue weighted by Crippen LogP contribution is 2.28. The van der Waals surface area contributed by atoms with Crippen molar-refractivity contribution in [3.05, 3.63) is 46.1 Å². The van der Waals surface area contributed by atoms with Crippen LogP contribution in [-0.2, 0) is 13.0 Å². The average molecular weight is 315 g/mol. The van der Waals surface area contributed by atoms with Gasteiger partial charge < -0.3 is 10.2 Å². The second kappa shape index (κ2) is 5.43. The molecule has 0 bridgehead atoms. The highest BCUT2D eigenvalue weighted by atomic mass is 35.5. The highest BCUT2D eigenvalue weighted by molar-refractivity contribution is 6.30. The van der Waals surface area contributed by atoms with Gasteiger partial charge in [0.05, 0.1) is 0 Å². The first-order valence-corrected chi connectivity index (χ1v) is 8.20. The molecule has 5 heteroatoms. The summed E-state index contributed by atoms with van der Waals surface area (Å²) in [6, 6.07) is 8.81. The Morgan fingerprint density at radius 2 is 2.05 bits per heavy atom. The van der Waals surface area contributed by atoms with Crippen LogP contribution in [0.4, 0.5) is 11.8 Å². The monoisotopic (exact) mass is 314 g/mol. The predicted molar refractivity (Wildman–Crippen MR) is 89.6 cm³/mol. The number of anilines is 2. The molecule has 0 spiro atoms. The summed E-state index contributed by atoms with van der Waals surface area (Å²) < 4.78 is 0. The van der Waals surface area contributed by atoms with Crippen molar-refractivity contribution >= 4 is 23.4 Å². The third kappa shape index (κ3) is 2.88. The van der Waals surface area contributed by atoms with E-state index in [0.717, 1.165) is 42.0 Å². The lowest BCUT2D eigenvalue weighted by atomic mass is 10.00. The van der Waals surface area contributed by atoms with Crippen LogP contribution in [0.1, 0.15) is 29.7 Å². The summed E-state index contributed by atoms with van der Waals surface area (Å²) in [4.78, 5) is 11.5. The minimum atomic E-state index is 0.568. The van der Waals surface area contributed by atoms with Crippen LogP contribution in [0.25, 0.3) is 0 Å². The molecule has 4 nitrogen and oxygen atoms in total. The van der Waals surface area contributed by atoms with Crippen LogP contribution in [0.3, 0.4) is 0 Å². The van der Waals surface area contributed by atoms with Crippen LogP contribution in [0.15, 0.2) is 24.3 Å². The highest BCUT2D eigenvalue weighted by Gasteiger charge is 2.23. The lowest BCUT2D eigenvalue weighted by Gasteiger charge is -2.30. The molecule has 1 fully saturated rings. The fraction of sp³-hybridized carbons (Fsp3) is 0.412. The van der Waals surface area contributed by atoms with Crippen LogP contribution in [0.2, 0.25) is 5.02 Å². The molecule has 0 amide bonds. The normalized spacial score (nSPS) is 17.3. The van der Waals surface area contributed by atoms with Crippen molar-refractivity contribution in [3.8, 4) is 0 Å². The second-order valence-electron chi connectivity index (χ2n) is 6.19. The minimum absolute atomic E-state index is 0.568. The number of nitrogens with one attached hydrogen (secondary N) is 1. The first-order chi connectivity index (χ1) is 10.7. The third-order valence-electron chi connectivity index (χ3n) is 4.26. The number of hydrogen-bond acceptors (Lipinski definition) is 4. The van der Waals surface area contributed by atoms with Crippen LogP contribution in [-0.4, -0.2) is 22.6 Å². The average Bonchev–Trinajstić information content (AvgIpc) is 3.30. The Morgan fingerprint density at radius 1 is 1.18 bits per heavy atom. The summed E-state index contributed by atoms with van der Waals surface area (Å²) in [5.41, 5.74) is 3.70. The number of nitrogens with zero attached hydrogens (tertiary/aromatic N) is 3. The maximum absolute atomic E-state index is 6.08. The van der Waals surface area contributed by atoms with Gasteiger partial charge in [0, 0.05) is 35.9 Å². The minimum Gasteiger partial charge on any atom is -0.352 e. The van der Waals surface area contributed by atoms with Crippen molar-refractivity contribution in [2.24, 2.45) is 0 Å². The zero-order valence-electron chi connectivity index (χ0n) is 12.6. The van der Waals surface area contributed by atoms with Crippen LogP contribution >= 0.6 is 11.6 Å². The molecule has 1 aliphatic heterocycles. The van der Waals surface area contributed by atoms with Gasteiger partial charge in [-0.2, -0.15) is 4.98 Å². The van der Waals surface area contributed by atoms with Gasteiger partial charge >= 0.3 is 0 Å². The largest absolute Gasteiger partial charge is 0.352 e. The van der Waals surface area contributed by atoms with E-state index in [-0.39, 0.29) is 0 Å². The molecule has 4 rings (SSSR count). The molecule has 1 N–H and O–H groups in total. The lowest BCUT2D eigenvalue weighted by Crippen LogP contribution is -2.31. The summed E-state index contributed by atoms with van der Waals surface area (Å²) in [5.74, 6) is 1.77. The second-order valence-corrected chi connectivity index (χ2v) is 6.63. The quantitative estimate of drug-likeness (QED) is 0.940. The molecule has 1 aromatic carbocycles. The lowest BCUT2D eigenvalue weighted by molar-refractivity contribution is 0.718. The Balaban J connectivity index is 1.59. The summed E-state index contributed by atoms with van der Waals surface area (Å²) in [6.07, 6.45) is 3.46. The van der Waals surface area contributed by atoms with E-state index in [1.165, 1.54) is 24.0 Å². The van der Waals surface area contributed by atoms with E-state index in [0.29, 0.717) is 6.04 Å². The Kier molecular flexibility index (Phi) is 3.41. The van der Waals surface area contributed by atoms with Crippen molar-refractivity contribution in [1.29, 1.82) is 0 Å². The zero-order valence-corrected chi connectivity index (χ0v) is 13.4. The Hall–Kier alpha value is -1.81. The number of halogens is 1. The van der Waals surface area contributed by atoms with Gasteiger partial charge in [-0.3, -0.25) is 0 Å². The van der Waals surface area contributed by atoms with Crippen molar-refractivity contribution in [1.82, 2.24) is 9.97 Å². The fourth-order valence-electron chi connectivity index (χ4n) is 2.91. The molecule has 0 unspecified atom stereocenters. The van der Waals surface area contributed by atoms with Gasteiger partial charge in [-0.25, -0.2) is 4.98 Å². The van der Waals surface area contributed by atoms with Crippen molar-refractivity contribution in [2.75, 3.05) is 16.8 Å². The SMILES string of the molecule is Cc1cc(N2CCc3cc(Cl)ccc3C2)nc(NC2CC2)n1. The molecule has 0 radical (unpaired) electrons. The first kappa shape index (κ1) is 13.8. The summed E-state index contributed by atoms with van der Waals surface area (Å²) in [5, 5.41) is 4.22. The van der Waals surface area contributed by atoms with E-state index < -0.39 is 0 Å². The summed E-state index contributed by atoms with van der Waals surface area (Å²) in [6.45, 7) is 3.87. The number of benzene rings is 1. The fourth-order valence-corrected chi connectivity index (χ4v) is 3.10. The van der Waals surface area contributed by atoms with Crippen molar-refractivity contribution < 1.29 is 0 Å². The molecule has 22 heavy (non-hydrogen) atoms. The van der Waals surface area contributed by atoms with Gasteiger partial charge in [0.2, 0.25) is 5.95 Å². The molecule has 2 aliphatic rings. The standard InChI is InChI=1S/C17H19ClN4/c1-11-8-16(21-17(19-11)20-15-4-5-15)22-7-6-12-9-14(18)3-2-13(12)10-22/h2-3,8-9,15H,4-7,10H2,1H3,(H,19,20,21). The maximum Gasteiger partial charge on any atom is 0.225 e. The Labute approximate surface area is 135 Å². The molecule has 1 saturated carbocycles. The van der Waals surface area contributed by atoms with Crippen molar-refractivity contribution in [3.63, 3.8) is 0 Å². The van der Waals surface area contributed by atoms with Gasteiger partial charge in [-0.15, -0.1) is 0 Å². The van der Waals surface area contributed by atoms with Gasteiger partial charge in [-0.1, -0.05) is 17.7 Å². The molecular formula is C17H19ClN4. The molecule has 0 atom stereocenters. The van der Waals surface area contributed by atoms with E-state index in [2.05, 4.69) is 33.4 Å². The number of aryl methyl sites for hydroxylation is 1. The van der Waals surface area contributed by atoms with E-state index in [4.69, 9.17) is 16.6 Å². The Morgan fingerprint density at radius 3 is 2.86 bits per heavy atom.